The standard InChI is InChI=1S/C13H20N4O7S/c14-6(4-18)9-3-15-11(25-9)7(1-2-10(20)21)16-13(24)17-8(5-19)12(22)23/h3,6-8,18-19H,1-2,4-5,14H2,(H,20,21)(H,22,23)(H2,16,17,24). The van der Waals surface area contributed by atoms with Gasteiger partial charge in [-0.1, -0.05) is 0 Å². The molecule has 11 nitrogen and oxygen atoms in total. The highest BCUT2D eigenvalue weighted by Gasteiger charge is 2.24. The van der Waals surface area contributed by atoms with Crippen molar-refractivity contribution >= 4 is 29.3 Å². The Hall–Kier alpha value is -2.28. The topological polar surface area (TPSA) is 195 Å². The van der Waals surface area contributed by atoms with E-state index in [0.717, 1.165) is 11.3 Å². The number of urea groups is 1. The van der Waals surface area contributed by atoms with Crippen molar-refractivity contribution in [1.29, 1.82) is 0 Å². The fourth-order valence-corrected chi connectivity index (χ4v) is 2.79. The van der Waals surface area contributed by atoms with Crippen LogP contribution in [0.5, 0.6) is 0 Å². The number of aliphatic hydroxyl groups is 2. The normalized spacial score (nSPS) is 14.4. The van der Waals surface area contributed by atoms with Gasteiger partial charge in [-0.05, 0) is 6.42 Å². The zero-order valence-electron chi connectivity index (χ0n) is 13.1. The molecule has 8 N–H and O–H groups in total. The predicted molar refractivity (Wildman–Crippen MR) is 85.9 cm³/mol. The first-order valence-corrected chi connectivity index (χ1v) is 8.04. The number of amides is 2. The first-order valence-electron chi connectivity index (χ1n) is 7.23. The summed E-state index contributed by atoms with van der Waals surface area (Å²) < 4.78 is 0. The van der Waals surface area contributed by atoms with Crippen LogP contribution in [-0.2, 0) is 9.59 Å². The van der Waals surface area contributed by atoms with Crippen LogP contribution in [0.2, 0.25) is 0 Å². The minimum absolute atomic E-state index is 0.0148. The lowest BCUT2D eigenvalue weighted by molar-refractivity contribution is -0.140. The maximum Gasteiger partial charge on any atom is 0.328 e. The van der Waals surface area contributed by atoms with Gasteiger partial charge in [0.25, 0.3) is 0 Å². The molecule has 3 atom stereocenters. The van der Waals surface area contributed by atoms with Crippen molar-refractivity contribution < 1.29 is 34.8 Å². The molecule has 3 unspecified atom stereocenters. The van der Waals surface area contributed by atoms with Crippen LogP contribution in [-0.4, -0.2) is 62.6 Å². The zero-order chi connectivity index (χ0) is 19.0. The van der Waals surface area contributed by atoms with Crippen LogP contribution in [0.25, 0.3) is 0 Å². The Bertz CT molecular complexity index is 609. The van der Waals surface area contributed by atoms with E-state index in [9.17, 15) is 14.4 Å². The first kappa shape index (κ1) is 20.8. The summed E-state index contributed by atoms with van der Waals surface area (Å²) in [6, 6.07) is -3.82. The third kappa shape index (κ3) is 6.62. The number of nitrogens with zero attached hydrogens (tertiary/aromatic N) is 1. The number of carbonyl (C=O) groups is 3. The second-order valence-electron chi connectivity index (χ2n) is 5.07. The molecule has 0 saturated heterocycles. The Kier molecular flexibility index (Phi) is 8.21. The Morgan fingerprint density at radius 2 is 1.88 bits per heavy atom. The summed E-state index contributed by atoms with van der Waals surface area (Å²) in [5.74, 6) is -2.49. The highest BCUT2D eigenvalue weighted by atomic mass is 32.1. The molecule has 25 heavy (non-hydrogen) atoms. The van der Waals surface area contributed by atoms with Gasteiger partial charge in [-0.15, -0.1) is 11.3 Å². The Labute approximate surface area is 146 Å². The van der Waals surface area contributed by atoms with Crippen molar-refractivity contribution in [1.82, 2.24) is 15.6 Å². The average molecular weight is 376 g/mol. The monoisotopic (exact) mass is 376 g/mol. The summed E-state index contributed by atoms with van der Waals surface area (Å²) >= 11 is 1.10. The molecule has 1 rings (SSSR count). The fraction of sp³-hybridized carbons (Fsp3) is 0.538. The van der Waals surface area contributed by atoms with Crippen molar-refractivity contribution in [3.05, 3.63) is 16.1 Å². The smallest absolute Gasteiger partial charge is 0.328 e. The Morgan fingerprint density at radius 3 is 2.40 bits per heavy atom. The van der Waals surface area contributed by atoms with Gasteiger partial charge in [0.05, 0.1) is 25.3 Å². The molecule has 140 valence electrons. The van der Waals surface area contributed by atoms with Gasteiger partial charge in [-0.3, -0.25) is 4.79 Å². The van der Waals surface area contributed by atoms with Gasteiger partial charge in [-0.25, -0.2) is 14.6 Å². The fourth-order valence-electron chi connectivity index (χ4n) is 1.79. The van der Waals surface area contributed by atoms with E-state index in [0.29, 0.717) is 9.88 Å². The van der Waals surface area contributed by atoms with Crippen molar-refractivity contribution in [3.63, 3.8) is 0 Å². The summed E-state index contributed by atoms with van der Waals surface area (Å²) in [7, 11) is 0. The van der Waals surface area contributed by atoms with E-state index in [1.807, 2.05) is 0 Å². The molecule has 1 heterocycles. The van der Waals surface area contributed by atoms with Crippen LogP contribution in [0.1, 0.15) is 34.8 Å². The molecule has 1 aromatic heterocycles. The number of aromatic nitrogens is 1. The van der Waals surface area contributed by atoms with Gasteiger partial charge in [0.1, 0.15) is 5.01 Å². The van der Waals surface area contributed by atoms with E-state index in [1.165, 1.54) is 6.20 Å². The van der Waals surface area contributed by atoms with Crippen molar-refractivity contribution in [3.8, 4) is 0 Å². The molecular weight excluding hydrogens is 356 g/mol. The SMILES string of the molecule is NC(CO)c1cnc(C(CCC(=O)O)NC(=O)NC(CO)C(=O)O)s1. The zero-order valence-corrected chi connectivity index (χ0v) is 13.9. The number of thiazole rings is 1. The Balaban J connectivity index is 2.85. The molecule has 0 aliphatic rings. The second-order valence-corrected chi connectivity index (χ2v) is 6.16. The lowest BCUT2D eigenvalue weighted by atomic mass is 10.1. The molecule has 1 aromatic rings. The highest BCUT2D eigenvalue weighted by Crippen LogP contribution is 2.26. The summed E-state index contributed by atoms with van der Waals surface area (Å²) in [4.78, 5) is 38.1. The molecule has 12 heteroatoms. The average Bonchev–Trinajstić information content (AvgIpc) is 3.05. The van der Waals surface area contributed by atoms with Crippen LogP contribution >= 0.6 is 11.3 Å². The number of hydrogen-bond donors (Lipinski definition) is 7. The number of carbonyl (C=O) groups excluding carboxylic acids is 1. The van der Waals surface area contributed by atoms with E-state index in [2.05, 4.69) is 15.6 Å². The lowest BCUT2D eigenvalue weighted by Crippen LogP contribution is -2.48. The number of rotatable bonds is 10. The Morgan fingerprint density at radius 1 is 1.20 bits per heavy atom. The van der Waals surface area contributed by atoms with Crippen LogP contribution in [0.3, 0.4) is 0 Å². The number of aliphatic hydroxyl groups excluding tert-OH is 2. The predicted octanol–water partition coefficient (Wildman–Crippen LogP) is -1.21. The van der Waals surface area contributed by atoms with Crippen molar-refractivity contribution in [2.24, 2.45) is 5.73 Å². The van der Waals surface area contributed by atoms with Crippen LogP contribution in [0.15, 0.2) is 6.20 Å². The van der Waals surface area contributed by atoms with Crippen LogP contribution < -0.4 is 16.4 Å². The van der Waals surface area contributed by atoms with Gasteiger partial charge in [0.15, 0.2) is 6.04 Å². The quantitative estimate of drug-likeness (QED) is 0.262. The molecule has 0 aliphatic carbocycles. The molecule has 0 aromatic carbocycles. The number of carboxylic acid groups (broad SMARTS) is 2. The van der Waals surface area contributed by atoms with Gasteiger partial charge >= 0.3 is 18.0 Å². The second kappa shape index (κ2) is 9.88. The first-order chi connectivity index (χ1) is 11.8. The van der Waals surface area contributed by atoms with E-state index in [-0.39, 0.29) is 19.4 Å². The van der Waals surface area contributed by atoms with Crippen molar-refractivity contribution in [2.45, 2.75) is 31.0 Å². The number of carboxylic acids is 2. The van der Waals surface area contributed by atoms with Gasteiger partial charge in [-0.2, -0.15) is 0 Å². The molecular formula is C13H20N4O7S. The van der Waals surface area contributed by atoms with E-state index in [1.54, 1.807) is 0 Å². The molecule has 0 aliphatic heterocycles. The third-order valence-electron chi connectivity index (χ3n) is 3.14. The van der Waals surface area contributed by atoms with E-state index < -0.39 is 42.7 Å². The molecule has 0 fully saturated rings. The minimum Gasteiger partial charge on any atom is -0.481 e. The number of nitrogens with two attached hydrogens (primary N) is 1. The lowest BCUT2D eigenvalue weighted by Gasteiger charge is -2.18. The maximum atomic E-state index is 11.9. The summed E-state index contributed by atoms with van der Waals surface area (Å²) in [6.07, 6.45) is 1.18. The molecule has 2 amide bonds. The largest absolute Gasteiger partial charge is 0.481 e. The van der Waals surface area contributed by atoms with Crippen LogP contribution in [0.4, 0.5) is 4.79 Å². The van der Waals surface area contributed by atoms with Gasteiger partial charge < -0.3 is 36.8 Å². The molecule has 0 saturated carbocycles. The van der Waals surface area contributed by atoms with Gasteiger partial charge in [0.2, 0.25) is 0 Å². The summed E-state index contributed by atoms with van der Waals surface area (Å²) in [5, 5.41) is 40.5. The number of hydrogen-bond acceptors (Lipinski definition) is 8. The van der Waals surface area contributed by atoms with E-state index in [4.69, 9.17) is 26.2 Å². The summed E-state index contributed by atoms with van der Waals surface area (Å²) in [5.41, 5.74) is 5.68. The van der Waals surface area contributed by atoms with Crippen LogP contribution in [0, 0.1) is 0 Å². The van der Waals surface area contributed by atoms with E-state index >= 15 is 0 Å². The highest BCUT2D eigenvalue weighted by molar-refractivity contribution is 7.11. The third-order valence-corrected chi connectivity index (χ3v) is 4.38. The number of nitrogens with one attached hydrogen (secondary N) is 2. The molecule has 0 bridgehead atoms. The maximum absolute atomic E-state index is 11.9. The minimum atomic E-state index is -1.49. The summed E-state index contributed by atoms with van der Waals surface area (Å²) in [6.45, 7) is -1.10. The molecule has 0 spiro atoms. The van der Waals surface area contributed by atoms with Gasteiger partial charge in [0, 0.05) is 17.5 Å². The van der Waals surface area contributed by atoms with Crippen molar-refractivity contribution in [2.75, 3.05) is 13.2 Å². The number of aliphatic carboxylic acids is 2. The molecule has 0 radical (unpaired) electrons.